The molecule has 0 spiro atoms. The first-order valence-electron chi connectivity index (χ1n) is 5.92. The van der Waals surface area contributed by atoms with E-state index in [9.17, 15) is 9.18 Å². The van der Waals surface area contributed by atoms with Gasteiger partial charge in [-0.25, -0.2) is 4.39 Å². The molecule has 1 amide bonds. The highest BCUT2D eigenvalue weighted by Crippen LogP contribution is 2.22. The van der Waals surface area contributed by atoms with Gasteiger partial charge in [-0.3, -0.25) is 4.79 Å². The minimum Gasteiger partial charge on any atom is -0.339 e. The van der Waals surface area contributed by atoms with Crippen molar-refractivity contribution >= 4 is 33.4 Å². The van der Waals surface area contributed by atoms with E-state index in [1.54, 1.807) is 11.0 Å². The number of benzene rings is 1. The molecule has 2 nitrogen and oxygen atoms in total. The van der Waals surface area contributed by atoms with Gasteiger partial charge in [0.25, 0.3) is 5.91 Å². The number of carbonyl (C=O) groups excluding carboxylic acids is 1. The lowest BCUT2D eigenvalue weighted by Gasteiger charge is -2.31. The number of hydrogen-bond donors (Lipinski definition) is 0. The number of nitrogens with zero attached hydrogens (tertiary/aromatic N) is 1. The van der Waals surface area contributed by atoms with Crippen molar-refractivity contribution in [3.8, 4) is 0 Å². The minimum atomic E-state index is -0.544. The molecule has 0 bridgehead atoms. The number of halogens is 3. The second kappa shape index (κ2) is 6.02. The fraction of sp³-hybridized carbons (Fsp3) is 0.462. The van der Waals surface area contributed by atoms with Crippen LogP contribution in [0.2, 0.25) is 5.02 Å². The van der Waals surface area contributed by atoms with Crippen molar-refractivity contribution in [2.75, 3.05) is 18.4 Å². The van der Waals surface area contributed by atoms with Crippen molar-refractivity contribution in [1.82, 2.24) is 4.90 Å². The van der Waals surface area contributed by atoms with Gasteiger partial charge in [-0.05, 0) is 37.0 Å². The van der Waals surface area contributed by atoms with E-state index in [1.165, 1.54) is 12.1 Å². The highest BCUT2D eigenvalue weighted by molar-refractivity contribution is 9.09. The van der Waals surface area contributed by atoms with E-state index in [2.05, 4.69) is 15.9 Å². The smallest absolute Gasteiger partial charge is 0.253 e. The van der Waals surface area contributed by atoms with Crippen LogP contribution >= 0.6 is 27.5 Å². The Kier molecular flexibility index (Phi) is 4.62. The van der Waals surface area contributed by atoms with Crippen molar-refractivity contribution < 1.29 is 9.18 Å². The van der Waals surface area contributed by atoms with Crippen molar-refractivity contribution in [3.63, 3.8) is 0 Å². The predicted octanol–water partition coefficient (Wildman–Crippen LogP) is 3.73. The number of alkyl halides is 1. The number of piperidine rings is 1. The van der Waals surface area contributed by atoms with E-state index in [0.29, 0.717) is 11.5 Å². The first kappa shape index (κ1) is 13.8. The van der Waals surface area contributed by atoms with E-state index >= 15 is 0 Å². The van der Waals surface area contributed by atoms with E-state index in [1.807, 2.05) is 0 Å². The van der Waals surface area contributed by atoms with Gasteiger partial charge in [-0.1, -0.05) is 27.5 Å². The molecule has 1 aliphatic rings. The number of carbonyl (C=O) groups is 1. The van der Waals surface area contributed by atoms with Crippen LogP contribution in [-0.4, -0.2) is 29.2 Å². The summed E-state index contributed by atoms with van der Waals surface area (Å²) in [6.07, 6.45) is 1.99. The first-order valence-corrected chi connectivity index (χ1v) is 7.42. The Labute approximate surface area is 119 Å². The summed E-state index contributed by atoms with van der Waals surface area (Å²) in [6.45, 7) is 1.47. The van der Waals surface area contributed by atoms with Gasteiger partial charge < -0.3 is 4.90 Å². The molecule has 1 aliphatic heterocycles. The Morgan fingerprint density at radius 1 is 1.44 bits per heavy atom. The van der Waals surface area contributed by atoms with Crippen LogP contribution in [0.4, 0.5) is 4.39 Å². The van der Waals surface area contributed by atoms with Crippen LogP contribution in [0.15, 0.2) is 18.2 Å². The highest BCUT2D eigenvalue weighted by atomic mass is 79.9. The van der Waals surface area contributed by atoms with Gasteiger partial charge in [-0.15, -0.1) is 0 Å². The highest BCUT2D eigenvalue weighted by Gasteiger charge is 2.23. The molecular formula is C13H14BrClFNO. The van der Waals surface area contributed by atoms with Gasteiger partial charge >= 0.3 is 0 Å². The molecule has 0 aliphatic carbocycles. The Morgan fingerprint density at radius 3 is 2.67 bits per heavy atom. The van der Waals surface area contributed by atoms with E-state index in [0.717, 1.165) is 31.3 Å². The average Bonchev–Trinajstić information content (AvgIpc) is 2.41. The molecule has 0 atom stereocenters. The summed E-state index contributed by atoms with van der Waals surface area (Å²) in [7, 11) is 0. The molecule has 0 radical (unpaired) electrons. The SMILES string of the molecule is O=C(c1ccc(Cl)c(F)c1)N1CCC(CBr)CC1. The van der Waals surface area contributed by atoms with Crippen molar-refractivity contribution in [2.45, 2.75) is 12.8 Å². The molecule has 1 heterocycles. The third kappa shape index (κ3) is 3.04. The van der Waals surface area contributed by atoms with Crippen LogP contribution in [0.3, 0.4) is 0 Å². The molecule has 1 aromatic carbocycles. The van der Waals surface area contributed by atoms with Crippen molar-refractivity contribution in [2.24, 2.45) is 5.92 Å². The molecule has 0 unspecified atom stereocenters. The number of hydrogen-bond acceptors (Lipinski definition) is 1. The van der Waals surface area contributed by atoms with Crippen LogP contribution in [0.1, 0.15) is 23.2 Å². The van der Waals surface area contributed by atoms with Gasteiger partial charge in [-0.2, -0.15) is 0 Å². The van der Waals surface area contributed by atoms with E-state index < -0.39 is 5.82 Å². The fourth-order valence-electron chi connectivity index (χ4n) is 2.10. The molecular weight excluding hydrogens is 321 g/mol. The fourth-order valence-corrected chi connectivity index (χ4v) is 2.87. The molecule has 98 valence electrons. The van der Waals surface area contributed by atoms with Gasteiger partial charge in [0.1, 0.15) is 5.82 Å². The lowest BCUT2D eigenvalue weighted by molar-refractivity contribution is 0.0698. The van der Waals surface area contributed by atoms with Crippen LogP contribution in [0.25, 0.3) is 0 Å². The molecule has 5 heteroatoms. The molecule has 1 aromatic rings. The molecule has 0 saturated carbocycles. The largest absolute Gasteiger partial charge is 0.339 e. The molecule has 1 saturated heterocycles. The summed E-state index contributed by atoms with van der Waals surface area (Å²) in [5.41, 5.74) is 0.370. The normalized spacial score (nSPS) is 16.9. The zero-order valence-corrected chi connectivity index (χ0v) is 12.2. The molecule has 18 heavy (non-hydrogen) atoms. The van der Waals surface area contributed by atoms with Gasteiger partial charge in [0.2, 0.25) is 0 Å². The number of likely N-dealkylation sites (tertiary alicyclic amines) is 1. The quantitative estimate of drug-likeness (QED) is 0.755. The first-order chi connectivity index (χ1) is 8.61. The second-order valence-corrected chi connectivity index (χ2v) is 5.57. The maximum atomic E-state index is 13.3. The third-order valence-corrected chi connectivity index (χ3v) is 4.51. The minimum absolute atomic E-state index is 0.0459. The summed E-state index contributed by atoms with van der Waals surface area (Å²) in [5.74, 6) is -0.0209. The van der Waals surface area contributed by atoms with Crippen LogP contribution in [-0.2, 0) is 0 Å². The molecule has 0 N–H and O–H groups in total. The maximum Gasteiger partial charge on any atom is 0.253 e. The molecule has 0 aromatic heterocycles. The molecule has 1 fully saturated rings. The second-order valence-electron chi connectivity index (χ2n) is 4.52. The Bertz CT molecular complexity index is 447. The summed E-state index contributed by atoms with van der Waals surface area (Å²) in [6, 6.07) is 4.21. The third-order valence-electron chi connectivity index (χ3n) is 3.29. The number of amides is 1. The van der Waals surface area contributed by atoms with Gasteiger partial charge in [0, 0.05) is 24.0 Å². The monoisotopic (exact) mass is 333 g/mol. The lowest BCUT2D eigenvalue weighted by atomic mass is 9.98. The average molecular weight is 335 g/mol. The Morgan fingerprint density at radius 2 is 2.11 bits per heavy atom. The zero-order chi connectivity index (χ0) is 13.1. The predicted molar refractivity (Wildman–Crippen MR) is 73.8 cm³/mol. The van der Waals surface area contributed by atoms with E-state index in [-0.39, 0.29) is 10.9 Å². The zero-order valence-electron chi connectivity index (χ0n) is 9.83. The summed E-state index contributed by atoms with van der Waals surface area (Å²) in [5, 5.41) is 1.02. The summed E-state index contributed by atoms with van der Waals surface area (Å²) in [4.78, 5) is 13.9. The van der Waals surface area contributed by atoms with Crippen LogP contribution < -0.4 is 0 Å². The standard InChI is InChI=1S/C13H14BrClFNO/c14-8-9-3-5-17(6-4-9)13(18)10-1-2-11(15)12(16)7-10/h1-2,7,9H,3-6,8H2. The molecule has 2 rings (SSSR count). The number of rotatable bonds is 2. The van der Waals surface area contributed by atoms with Gasteiger partial charge in [0.15, 0.2) is 0 Å². The van der Waals surface area contributed by atoms with Gasteiger partial charge in [0.05, 0.1) is 5.02 Å². The van der Waals surface area contributed by atoms with E-state index in [4.69, 9.17) is 11.6 Å². The Hall–Kier alpha value is -0.610. The summed E-state index contributed by atoms with van der Waals surface area (Å²) >= 11 is 9.07. The topological polar surface area (TPSA) is 20.3 Å². The van der Waals surface area contributed by atoms with Crippen molar-refractivity contribution in [1.29, 1.82) is 0 Å². The Balaban J connectivity index is 2.05. The van der Waals surface area contributed by atoms with Crippen molar-refractivity contribution in [3.05, 3.63) is 34.6 Å². The lowest BCUT2D eigenvalue weighted by Crippen LogP contribution is -2.38. The summed E-state index contributed by atoms with van der Waals surface area (Å²) < 4.78 is 13.3. The maximum absolute atomic E-state index is 13.3. The van der Waals surface area contributed by atoms with Crippen LogP contribution in [0.5, 0.6) is 0 Å². The van der Waals surface area contributed by atoms with Crippen LogP contribution in [0, 0.1) is 11.7 Å².